The molecule has 0 fully saturated rings. The Kier molecular flexibility index (Phi) is 3.35. The van der Waals surface area contributed by atoms with Gasteiger partial charge in [-0.25, -0.2) is 4.79 Å². The fourth-order valence-electron chi connectivity index (χ4n) is 1.79. The molecule has 2 amide bonds. The molecule has 16 heavy (non-hydrogen) atoms. The number of hydrogen-bond donors (Lipinski definition) is 1. The maximum atomic E-state index is 11.8. The Labute approximate surface area is 107 Å². The minimum Gasteiger partial charge on any atom is -0.326 e. The summed E-state index contributed by atoms with van der Waals surface area (Å²) in [6.45, 7) is 4.64. The van der Waals surface area contributed by atoms with Crippen molar-refractivity contribution in [3.63, 3.8) is 0 Å². The molecule has 0 radical (unpaired) electrons. The number of nitrogens with one attached hydrogen (secondary N) is 1. The van der Waals surface area contributed by atoms with Crippen molar-refractivity contribution in [1.29, 1.82) is 0 Å². The van der Waals surface area contributed by atoms with Gasteiger partial charge in [-0.15, -0.1) is 11.3 Å². The lowest BCUT2D eigenvalue weighted by Crippen LogP contribution is -2.43. The van der Waals surface area contributed by atoms with E-state index in [9.17, 15) is 4.79 Å². The molecule has 1 unspecified atom stereocenters. The van der Waals surface area contributed by atoms with Crippen LogP contribution in [0.15, 0.2) is 27.7 Å². The topological polar surface area (TPSA) is 32.3 Å². The van der Waals surface area contributed by atoms with Gasteiger partial charge in [0.1, 0.15) is 0 Å². The van der Waals surface area contributed by atoms with Gasteiger partial charge < -0.3 is 5.32 Å². The van der Waals surface area contributed by atoms with Crippen molar-refractivity contribution < 1.29 is 4.79 Å². The lowest BCUT2D eigenvalue weighted by molar-refractivity contribution is 0.206. The summed E-state index contributed by atoms with van der Waals surface area (Å²) in [5, 5.41) is 2.98. The SMILES string of the molecule is CCN1C(=O)NC(c2ccc(Br)s2)C=C1C. The lowest BCUT2D eigenvalue weighted by atomic mass is 10.1. The molecule has 0 aromatic carbocycles. The number of urea groups is 1. The first-order valence-electron chi connectivity index (χ1n) is 5.13. The van der Waals surface area contributed by atoms with Crippen molar-refractivity contribution in [3.05, 3.63) is 32.6 Å². The van der Waals surface area contributed by atoms with E-state index in [0.717, 1.165) is 14.4 Å². The fraction of sp³-hybridized carbons (Fsp3) is 0.364. The second-order valence-corrected chi connectivity index (χ2v) is 6.12. The highest BCUT2D eigenvalue weighted by Gasteiger charge is 2.24. The average molecular weight is 301 g/mol. The zero-order valence-corrected chi connectivity index (χ0v) is 11.6. The Bertz CT molecular complexity index is 441. The molecule has 0 aliphatic carbocycles. The third-order valence-corrected chi connectivity index (χ3v) is 4.28. The molecule has 0 saturated heterocycles. The molecule has 0 saturated carbocycles. The molecule has 2 rings (SSSR count). The molecule has 1 N–H and O–H groups in total. The number of carbonyl (C=O) groups is 1. The van der Waals surface area contributed by atoms with Gasteiger partial charge in [0, 0.05) is 17.1 Å². The van der Waals surface area contributed by atoms with E-state index in [1.807, 2.05) is 26.0 Å². The largest absolute Gasteiger partial charge is 0.326 e. The van der Waals surface area contributed by atoms with E-state index in [0.29, 0.717) is 6.54 Å². The van der Waals surface area contributed by atoms with Crippen LogP contribution in [0.5, 0.6) is 0 Å². The number of halogens is 1. The summed E-state index contributed by atoms with van der Waals surface area (Å²) in [4.78, 5) is 14.7. The highest BCUT2D eigenvalue weighted by Crippen LogP contribution is 2.30. The number of nitrogens with zero attached hydrogens (tertiary/aromatic N) is 1. The zero-order valence-electron chi connectivity index (χ0n) is 9.16. The quantitative estimate of drug-likeness (QED) is 0.891. The van der Waals surface area contributed by atoms with Crippen LogP contribution in [-0.4, -0.2) is 17.5 Å². The molecule has 1 aliphatic heterocycles. The van der Waals surface area contributed by atoms with E-state index in [1.54, 1.807) is 16.2 Å². The summed E-state index contributed by atoms with van der Waals surface area (Å²) in [6.07, 6.45) is 2.09. The van der Waals surface area contributed by atoms with Crippen LogP contribution in [0.1, 0.15) is 24.8 Å². The maximum absolute atomic E-state index is 11.8. The van der Waals surface area contributed by atoms with Crippen molar-refractivity contribution in [3.8, 4) is 0 Å². The van der Waals surface area contributed by atoms with E-state index in [4.69, 9.17) is 0 Å². The first-order valence-corrected chi connectivity index (χ1v) is 6.74. The number of hydrogen-bond acceptors (Lipinski definition) is 2. The van der Waals surface area contributed by atoms with Crippen LogP contribution in [0, 0.1) is 0 Å². The number of allylic oxidation sites excluding steroid dienone is 1. The minimum absolute atomic E-state index is 0.00611. The van der Waals surface area contributed by atoms with E-state index < -0.39 is 0 Å². The summed E-state index contributed by atoms with van der Waals surface area (Å²) in [5.74, 6) is 0. The van der Waals surface area contributed by atoms with Gasteiger partial charge in [-0.05, 0) is 48.0 Å². The van der Waals surface area contributed by atoms with Crippen molar-refractivity contribution in [2.75, 3.05) is 6.54 Å². The fourth-order valence-corrected chi connectivity index (χ4v) is 3.23. The first kappa shape index (κ1) is 11.7. The Morgan fingerprint density at radius 2 is 2.31 bits per heavy atom. The Morgan fingerprint density at radius 3 is 2.81 bits per heavy atom. The second-order valence-electron chi connectivity index (χ2n) is 3.62. The third kappa shape index (κ3) is 2.15. The molecule has 1 aliphatic rings. The second kappa shape index (κ2) is 4.59. The highest BCUT2D eigenvalue weighted by atomic mass is 79.9. The van der Waals surface area contributed by atoms with Crippen LogP contribution >= 0.6 is 27.3 Å². The molecular formula is C11H13BrN2OS. The molecule has 1 aromatic rings. The van der Waals surface area contributed by atoms with Gasteiger partial charge in [-0.3, -0.25) is 4.90 Å². The molecule has 2 heterocycles. The van der Waals surface area contributed by atoms with Gasteiger partial charge in [0.15, 0.2) is 0 Å². The molecule has 0 bridgehead atoms. The summed E-state index contributed by atoms with van der Waals surface area (Å²) in [7, 11) is 0. The third-order valence-electron chi connectivity index (χ3n) is 2.57. The molecule has 5 heteroatoms. The van der Waals surface area contributed by atoms with Gasteiger partial charge >= 0.3 is 6.03 Å². The van der Waals surface area contributed by atoms with Crippen LogP contribution in [0.4, 0.5) is 4.79 Å². The Morgan fingerprint density at radius 1 is 1.56 bits per heavy atom. The normalized spacial score (nSPS) is 20.7. The first-order chi connectivity index (χ1) is 7.61. The van der Waals surface area contributed by atoms with E-state index in [2.05, 4.69) is 27.3 Å². The van der Waals surface area contributed by atoms with Crippen LogP contribution in [0.2, 0.25) is 0 Å². The predicted molar refractivity (Wildman–Crippen MR) is 69.4 cm³/mol. The molecule has 3 nitrogen and oxygen atoms in total. The van der Waals surface area contributed by atoms with Crippen molar-refractivity contribution in [1.82, 2.24) is 10.2 Å². The van der Waals surface area contributed by atoms with Crippen LogP contribution in [-0.2, 0) is 0 Å². The molecule has 1 aromatic heterocycles. The summed E-state index contributed by atoms with van der Waals surface area (Å²) in [6, 6.07) is 4.02. The van der Waals surface area contributed by atoms with Gasteiger partial charge in [0.25, 0.3) is 0 Å². The number of rotatable bonds is 2. The average Bonchev–Trinajstić information content (AvgIpc) is 2.64. The minimum atomic E-state index is -0.0166. The Balaban J connectivity index is 2.26. The number of thiophene rings is 1. The van der Waals surface area contributed by atoms with E-state index in [-0.39, 0.29) is 12.1 Å². The van der Waals surface area contributed by atoms with Crippen LogP contribution in [0.25, 0.3) is 0 Å². The molecule has 1 atom stereocenters. The van der Waals surface area contributed by atoms with Crippen molar-refractivity contribution in [2.24, 2.45) is 0 Å². The summed E-state index contributed by atoms with van der Waals surface area (Å²) >= 11 is 5.08. The van der Waals surface area contributed by atoms with Gasteiger partial charge in [-0.1, -0.05) is 0 Å². The summed E-state index contributed by atoms with van der Waals surface area (Å²) in [5.41, 5.74) is 1.01. The highest BCUT2D eigenvalue weighted by molar-refractivity contribution is 9.11. The van der Waals surface area contributed by atoms with Gasteiger partial charge in [0.2, 0.25) is 0 Å². The van der Waals surface area contributed by atoms with Gasteiger partial charge in [-0.2, -0.15) is 0 Å². The van der Waals surface area contributed by atoms with Crippen molar-refractivity contribution in [2.45, 2.75) is 19.9 Å². The van der Waals surface area contributed by atoms with Crippen LogP contribution < -0.4 is 5.32 Å². The van der Waals surface area contributed by atoms with E-state index >= 15 is 0 Å². The molecule has 0 spiro atoms. The Hall–Kier alpha value is -0.810. The number of amides is 2. The van der Waals surface area contributed by atoms with Crippen LogP contribution in [0.3, 0.4) is 0 Å². The standard InChI is InChI=1S/C11H13BrN2OS/c1-3-14-7(2)6-8(13-11(14)15)9-4-5-10(12)16-9/h4-6,8H,3H2,1-2H3,(H,13,15). The monoisotopic (exact) mass is 300 g/mol. The van der Waals surface area contributed by atoms with Crippen molar-refractivity contribution >= 4 is 33.3 Å². The number of carbonyl (C=O) groups excluding carboxylic acids is 1. The smallest absolute Gasteiger partial charge is 0.322 e. The maximum Gasteiger partial charge on any atom is 0.322 e. The lowest BCUT2D eigenvalue weighted by Gasteiger charge is -2.30. The predicted octanol–water partition coefficient (Wildman–Crippen LogP) is 3.50. The zero-order chi connectivity index (χ0) is 11.7. The van der Waals surface area contributed by atoms with E-state index in [1.165, 1.54) is 0 Å². The summed E-state index contributed by atoms with van der Waals surface area (Å²) < 4.78 is 1.08. The van der Waals surface area contributed by atoms with Gasteiger partial charge in [0.05, 0.1) is 9.83 Å². The molecular weight excluding hydrogens is 288 g/mol. The molecule has 86 valence electrons.